The number of hydrogen-bond donors (Lipinski definition) is 1. The molecule has 0 unspecified atom stereocenters. The molecule has 23 heavy (non-hydrogen) atoms. The lowest BCUT2D eigenvalue weighted by molar-refractivity contribution is -0.140. The Morgan fingerprint density at radius 3 is 2.13 bits per heavy atom. The summed E-state index contributed by atoms with van der Waals surface area (Å²) in [6.45, 7) is 1.56. The van der Waals surface area contributed by atoms with Crippen LogP contribution in [-0.2, 0) is 16.0 Å². The highest BCUT2D eigenvalue weighted by Gasteiger charge is 2.23. The lowest BCUT2D eigenvalue weighted by atomic mass is 10.0. The topological polar surface area (TPSA) is 60.9 Å². The van der Waals surface area contributed by atoms with Crippen molar-refractivity contribution in [1.29, 1.82) is 0 Å². The summed E-state index contributed by atoms with van der Waals surface area (Å²) in [6, 6.07) is 14.2. The molecule has 0 radical (unpaired) electrons. The molecule has 120 valence electrons. The van der Waals surface area contributed by atoms with E-state index in [9.17, 15) is 9.59 Å². The van der Waals surface area contributed by atoms with Crippen molar-refractivity contribution >= 4 is 22.6 Å². The number of piperazine rings is 1. The molecular weight excluding hydrogens is 292 g/mol. The molecule has 1 fully saturated rings. The normalized spacial score (nSPS) is 15.0. The van der Waals surface area contributed by atoms with Crippen LogP contribution in [0, 0.1) is 0 Å². The van der Waals surface area contributed by atoms with Gasteiger partial charge in [0.25, 0.3) is 0 Å². The lowest BCUT2D eigenvalue weighted by Gasteiger charge is -2.34. The molecule has 2 aromatic rings. The molecule has 5 nitrogen and oxygen atoms in total. The molecule has 1 aliphatic heterocycles. The summed E-state index contributed by atoms with van der Waals surface area (Å²) >= 11 is 0. The molecule has 0 saturated carbocycles. The number of carbonyl (C=O) groups is 2. The van der Waals surface area contributed by atoms with Crippen LogP contribution in [0.4, 0.5) is 0 Å². The van der Waals surface area contributed by atoms with E-state index in [1.54, 1.807) is 9.80 Å². The van der Waals surface area contributed by atoms with Crippen LogP contribution in [0.1, 0.15) is 5.56 Å². The van der Waals surface area contributed by atoms with E-state index in [4.69, 9.17) is 5.11 Å². The SMILES string of the molecule is O=C(CO)N1CCN(C(=O)Cc2ccc3ccccc3c2)CC1. The number of nitrogens with zero attached hydrogens (tertiary/aromatic N) is 2. The second kappa shape index (κ2) is 6.79. The smallest absolute Gasteiger partial charge is 0.248 e. The number of carbonyl (C=O) groups excluding carboxylic acids is 2. The second-order valence-corrected chi connectivity index (χ2v) is 5.78. The highest BCUT2D eigenvalue weighted by molar-refractivity contribution is 5.85. The number of aliphatic hydroxyl groups excluding tert-OH is 1. The first-order valence-corrected chi connectivity index (χ1v) is 7.81. The number of amides is 2. The summed E-state index contributed by atoms with van der Waals surface area (Å²) < 4.78 is 0. The fourth-order valence-electron chi connectivity index (χ4n) is 2.94. The van der Waals surface area contributed by atoms with Crippen molar-refractivity contribution in [2.24, 2.45) is 0 Å². The van der Waals surface area contributed by atoms with Crippen molar-refractivity contribution in [3.05, 3.63) is 48.0 Å². The van der Waals surface area contributed by atoms with Gasteiger partial charge in [0.2, 0.25) is 11.8 Å². The van der Waals surface area contributed by atoms with Crippen LogP contribution in [0.25, 0.3) is 10.8 Å². The first kappa shape index (κ1) is 15.5. The molecule has 2 aromatic carbocycles. The Kier molecular flexibility index (Phi) is 4.57. The minimum atomic E-state index is -0.467. The molecular formula is C18H20N2O3. The van der Waals surface area contributed by atoms with E-state index in [2.05, 4.69) is 12.1 Å². The van der Waals surface area contributed by atoms with Crippen LogP contribution in [0.2, 0.25) is 0 Å². The van der Waals surface area contributed by atoms with E-state index in [0.717, 1.165) is 10.9 Å². The standard InChI is InChI=1S/C18H20N2O3/c21-13-18(23)20-9-7-19(8-10-20)17(22)12-14-5-6-15-3-1-2-4-16(15)11-14/h1-6,11,21H,7-10,12-13H2. The summed E-state index contributed by atoms with van der Waals surface area (Å²) in [6.07, 6.45) is 0.374. The van der Waals surface area contributed by atoms with Gasteiger partial charge in [0, 0.05) is 26.2 Å². The third-order valence-electron chi connectivity index (χ3n) is 4.29. The predicted octanol–water partition coefficient (Wildman–Crippen LogP) is 1.05. The average molecular weight is 312 g/mol. The van der Waals surface area contributed by atoms with Gasteiger partial charge >= 0.3 is 0 Å². The number of hydrogen-bond acceptors (Lipinski definition) is 3. The molecule has 1 heterocycles. The van der Waals surface area contributed by atoms with E-state index in [1.807, 2.05) is 30.3 Å². The van der Waals surface area contributed by atoms with Crippen molar-refractivity contribution in [3.8, 4) is 0 Å². The summed E-state index contributed by atoms with van der Waals surface area (Å²) in [7, 11) is 0. The maximum absolute atomic E-state index is 12.4. The molecule has 3 rings (SSSR count). The molecule has 5 heteroatoms. The van der Waals surface area contributed by atoms with Gasteiger partial charge in [-0.3, -0.25) is 9.59 Å². The fraction of sp³-hybridized carbons (Fsp3) is 0.333. The zero-order chi connectivity index (χ0) is 16.2. The van der Waals surface area contributed by atoms with Gasteiger partial charge in [0.1, 0.15) is 6.61 Å². The number of fused-ring (bicyclic) bond motifs is 1. The van der Waals surface area contributed by atoms with Gasteiger partial charge in [0.05, 0.1) is 6.42 Å². The molecule has 1 N–H and O–H groups in total. The van der Waals surface area contributed by atoms with Crippen LogP contribution in [0.5, 0.6) is 0 Å². The van der Waals surface area contributed by atoms with Gasteiger partial charge in [-0.2, -0.15) is 0 Å². The van der Waals surface area contributed by atoms with Crippen LogP contribution >= 0.6 is 0 Å². The molecule has 0 spiro atoms. The van der Waals surface area contributed by atoms with Gasteiger partial charge in [-0.1, -0.05) is 42.5 Å². The molecule has 1 saturated heterocycles. The van der Waals surface area contributed by atoms with Crippen molar-refractivity contribution < 1.29 is 14.7 Å². The maximum atomic E-state index is 12.4. The van der Waals surface area contributed by atoms with E-state index in [0.29, 0.717) is 32.6 Å². The van der Waals surface area contributed by atoms with Crippen molar-refractivity contribution in [2.75, 3.05) is 32.8 Å². The first-order chi connectivity index (χ1) is 11.2. The number of aliphatic hydroxyl groups is 1. The number of benzene rings is 2. The van der Waals surface area contributed by atoms with Crippen molar-refractivity contribution in [1.82, 2.24) is 9.80 Å². The summed E-state index contributed by atoms with van der Waals surface area (Å²) in [5, 5.41) is 11.2. The average Bonchev–Trinajstić information content (AvgIpc) is 2.61. The van der Waals surface area contributed by atoms with Crippen LogP contribution in [0.3, 0.4) is 0 Å². The van der Waals surface area contributed by atoms with Gasteiger partial charge in [0.15, 0.2) is 0 Å². The molecule has 1 aliphatic rings. The molecule has 0 atom stereocenters. The quantitative estimate of drug-likeness (QED) is 0.921. The van der Waals surface area contributed by atoms with E-state index >= 15 is 0 Å². The Bertz CT molecular complexity index is 721. The minimum absolute atomic E-state index is 0.0800. The van der Waals surface area contributed by atoms with E-state index in [-0.39, 0.29) is 11.8 Å². The van der Waals surface area contributed by atoms with Crippen molar-refractivity contribution in [2.45, 2.75) is 6.42 Å². The third-order valence-corrected chi connectivity index (χ3v) is 4.29. The molecule has 0 aliphatic carbocycles. The zero-order valence-corrected chi connectivity index (χ0v) is 12.9. The molecule has 0 aromatic heterocycles. The summed E-state index contributed by atoms with van der Waals surface area (Å²) in [4.78, 5) is 27.2. The van der Waals surface area contributed by atoms with Gasteiger partial charge in [-0.05, 0) is 16.3 Å². The maximum Gasteiger partial charge on any atom is 0.248 e. The summed E-state index contributed by atoms with van der Waals surface area (Å²) in [5.41, 5.74) is 1.00. The Hall–Kier alpha value is -2.40. The van der Waals surface area contributed by atoms with E-state index < -0.39 is 6.61 Å². The Morgan fingerprint density at radius 2 is 1.48 bits per heavy atom. The summed E-state index contributed by atoms with van der Waals surface area (Å²) in [5.74, 6) is -0.192. The molecule has 0 bridgehead atoms. The van der Waals surface area contributed by atoms with Gasteiger partial charge < -0.3 is 14.9 Å². The molecule has 2 amide bonds. The third kappa shape index (κ3) is 3.51. The first-order valence-electron chi connectivity index (χ1n) is 7.81. The minimum Gasteiger partial charge on any atom is -0.387 e. The monoisotopic (exact) mass is 312 g/mol. The zero-order valence-electron chi connectivity index (χ0n) is 12.9. The largest absolute Gasteiger partial charge is 0.387 e. The van der Waals surface area contributed by atoms with Gasteiger partial charge in [-0.25, -0.2) is 0 Å². The fourth-order valence-corrected chi connectivity index (χ4v) is 2.94. The van der Waals surface area contributed by atoms with Gasteiger partial charge in [-0.15, -0.1) is 0 Å². The number of rotatable bonds is 3. The lowest BCUT2D eigenvalue weighted by Crippen LogP contribution is -2.51. The van der Waals surface area contributed by atoms with Crippen LogP contribution in [-0.4, -0.2) is 59.5 Å². The highest BCUT2D eigenvalue weighted by atomic mass is 16.3. The Labute approximate surface area is 135 Å². The van der Waals surface area contributed by atoms with Crippen molar-refractivity contribution in [3.63, 3.8) is 0 Å². The van der Waals surface area contributed by atoms with Crippen LogP contribution in [0.15, 0.2) is 42.5 Å². The predicted molar refractivity (Wildman–Crippen MR) is 87.9 cm³/mol. The second-order valence-electron chi connectivity index (χ2n) is 5.78. The Balaban J connectivity index is 1.61. The van der Waals surface area contributed by atoms with Crippen LogP contribution < -0.4 is 0 Å². The highest BCUT2D eigenvalue weighted by Crippen LogP contribution is 2.16. The van der Waals surface area contributed by atoms with E-state index in [1.165, 1.54) is 5.39 Å². The Morgan fingerprint density at radius 1 is 0.870 bits per heavy atom.